The molecule has 0 saturated heterocycles. The average Bonchev–Trinajstić information content (AvgIpc) is 2.95. The lowest BCUT2D eigenvalue weighted by Crippen LogP contribution is -2.34. The van der Waals surface area contributed by atoms with Gasteiger partial charge in [0.1, 0.15) is 5.52 Å². The van der Waals surface area contributed by atoms with Crippen molar-refractivity contribution in [2.75, 3.05) is 23.3 Å². The summed E-state index contributed by atoms with van der Waals surface area (Å²) in [5.74, 6) is 1.60. The molecule has 2 rings (SSSR count). The van der Waals surface area contributed by atoms with Crippen molar-refractivity contribution in [3.63, 3.8) is 0 Å². The van der Waals surface area contributed by atoms with Crippen LogP contribution in [-0.2, 0) is 0 Å². The second-order valence-corrected chi connectivity index (χ2v) is 5.31. The lowest BCUT2D eigenvalue weighted by atomic mass is 10.2. The van der Waals surface area contributed by atoms with Gasteiger partial charge in [0.15, 0.2) is 11.5 Å². The number of rotatable bonds is 8. The smallest absolute Gasteiger partial charge is 0.226 e. The van der Waals surface area contributed by atoms with E-state index in [9.17, 15) is 0 Å². The molecule has 0 aliphatic heterocycles. The van der Waals surface area contributed by atoms with Crippen LogP contribution >= 0.6 is 0 Å². The molecule has 0 aliphatic carbocycles. The fourth-order valence-corrected chi connectivity index (χ4v) is 2.35. The Balaban J connectivity index is 2.45. The Morgan fingerprint density at radius 1 is 1.29 bits per heavy atom. The average molecular weight is 290 g/mol. The molecule has 0 spiro atoms. The van der Waals surface area contributed by atoms with Crippen molar-refractivity contribution in [2.24, 2.45) is 0 Å². The molecule has 6 heteroatoms. The van der Waals surface area contributed by atoms with E-state index in [0.29, 0.717) is 12.0 Å². The third-order valence-corrected chi connectivity index (χ3v) is 3.75. The third kappa shape index (κ3) is 3.43. The first kappa shape index (κ1) is 15.5. The molecule has 2 aromatic heterocycles. The van der Waals surface area contributed by atoms with E-state index in [4.69, 9.17) is 4.98 Å². The Kier molecular flexibility index (Phi) is 5.36. The summed E-state index contributed by atoms with van der Waals surface area (Å²) in [6, 6.07) is 0.437. The van der Waals surface area contributed by atoms with Gasteiger partial charge in [-0.2, -0.15) is 9.97 Å². The van der Waals surface area contributed by atoms with Crippen LogP contribution in [0.15, 0.2) is 6.33 Å². The van der Waals surface area contributed by atoms with E-state index in [-0.39, 0.29) is 0 Å². The summed E-state index contributed by atoms with van der Waals surface area (Å²) in [6.45, 7) is 10.5. The second-order valence-electron chi connectivity index (χ2n) is 5.31. The molecule has 0 fully saturated rings. The van der Waals surface area contributed by atoms with E-state index in [0.717, 1.165) is 42.9 Å². The number of nitrogens with one attached hydrogen (secondary N) is 2. The van der Waals surface area contributed by atoms with Gasteiger partial charge in [0.2, 0.25) is 5.95 Å². The molecule has 0 aromatic carbocycles. The van der Waals surface area contributed by atoms with Gasteiger partial charge in [0, 0.05) is 19.1 Å². The van der Waals surface area contributed by atoms with Gasteiger partial charge in [0.05, 0.1) is 6.33 Å². The van der Waals surface area contributed by atoms with Crippen LogP contribution < -0.4 is 10.2 Å². The lowest BCUT2D eigenvalue weighted by Gasteiger charge is -2.30. The molecule has 2 aromatic rings. The first-order valence-corrected chi connectivity index (χ1v) is 7.92. The number of imidazole rings is 1. The molecule has 2 heterocycles. The molecule has 0 saturated carbocycles. The highest BCUT2D eigenvalue weighted by Gasteiger charge is 2.19. The molecule has 2 N–H and O–H groups in total. The topological polar surface area (TPSA) is 69.7 Å². The monoisotopic (exact) mass is 290 g/mol. The van der Waals surface area contributed by atoms with Crippen molar-refractivity contribution in [1.29, 1.82) is 0 Å². The Morgan fingerprint density at radius 2 is 2.10 bits per heavy atom. The number of unbranched alkanes of at least 4 members (excludes halogenated alkanes) is 1. The number of fused-ring (bicyclic) bond motifs is 1. The van der Waals surface area contributed by atoms with E-state index >= 15 is 0 Å². The molecule has 6 nitrogen and oxygen atoms in total. The van der Waals surface area contributed by atoms with Crippen LogP contribution in [0.5, 0.6) is 0 Å². The maximum atomic E-state index is 4.72. The summed E-state index contributed by atoms with van der Waals surface area (Å²) >= 11 is 0. The van der Waals surface area contributed by atoms with Crippen LogP contribution in [-0.4, -0.2) is 39.1 Å². The van der Waals surface area contributed by atoms with Crippen LogP contribution in [0, 0.1) is 0 Å². The summed E-state index contributed by atoms with van der Waals surface area (Å²) in [4.78, 5) is 19.0. The maximum Gasteiger partial charge on any atom is 0.226 e. The first-order chi connectivity index (χ1) is 10.2. The van der Waals surface area contributed by atoms with Crippen molar-refractivity contribution < 1.29 is 0 Å². The minimum absolute atomic E-state index is 0.437. The Labute approximate surface area is 126 Å². The molecule has 0 radical (unpaired) electrons. The zero-order chi connectivity index (χ0) is 15.2. The fourth-order valence-electron chi connectivity index (χ4n) is 2.35. The largest absolute Gasteiger partial charge is 0.354 e. The standard InChI is InChI=1S/C15H26N6/c1-5-8-9-21(11(4)6-2)14-12-13(18-10-17-12)19-15(20-14)16-7-3/h10-11H,5-9H2,1-4H3,(H2,16,17,18,19,20). The zero-order valence-corrected chi connectivity index (χ0v) is 13.5. The summed E-state index contributed by atoms with van der Waals surface area (Å²) in [5, 5.41) is 3.19. The van der Waals surface area contributed by atoms with Crippen molar-refractivity contribution in [2.45, 2.75) is 53.0 Å². The van der Waals surface area contributed by atoms with Gasteiger partial charge in [-0.1, -0.05) is 20.3 Å². The van der Waals surface area contributed by atoms with Gasteiger partial charge < -0.3 is 15.2 Å². The number of hydrogen-bond acceptors (Lipinski definition) is 5. The Bertz CT molecular complexity index is 564. The predicted octanol–water partition coefficient (Wildman–Crippen LogP) is 3.19. The van der Waals surface area contributed by atoms with E-state index < -0.39 is 0 Å². The van der Waals surface area contributed by atoms with Gasteiger partial charge >= 0.3 is 0 Å². The molecule has 116 valence electrons. The molecule has 21 heavy (non-hydrogen) atoms. The quantitative estimate of drug-likeness (QED) is 0.781. The number of hydrogen-bond donors (Lipinski definition) is 2. The number of aromatic nitrogens is 4. The van der Waals surface area contributed by atoms with Crippen LogP contribution in [0.1, 0.15) is 47.0 Å². The van der Waals surface area contributed by atoms with Crippen molar-refractivity contribution in [1.82, 2.24) is 19.9 Å². The van der Waals surface area contributed by atoms with Crippen molar-refractivity contribution in [3.05, 3.63) is 6.33 Å². The number of nitrogens with zero attached hydrogens (tertiary/aromatic N) is 4. The van der Waals surface area contributed by atoms with Gasteiger partial charge in [-0.05, 0) is 26.7 Å². The van der Waals surface area contributed by atoms with Crippen LogP contribution in [0.3, 0.4) is 0 Å². The summed E-state index contributed by atoms with van der Waals surface area (Å²) < 4.78 is 0. The van der Waals surface area contributed by atoms with Crippen LogP contribution in [0.4, 0.5) is 11.8 Å². The van der Waals surface area contributed by atoms with E-state index in [1.54, 1.807) is 6.33 Å². The van der Waals surface area contributed by atoms with E-state index in [2.05, 4.69) is 45.9 Å². The third-order valence-electron chi connectivity index (χ3n) is 3.75. The lowest BCUT2D eigenvalue weighted by molar-refractivity contribution is 0.591. The zero-order valence-electron chi connectivity index (χ0n) is 13.5. The number of H-pyrrole nitrogens is 1. The first-order valence-electron chi connectivity index (χ1n) is 7.92. The molecule has 1 unspecified atom stereocenters. The highest BCUT2D eigenvalue weighted by molar-refractivity contribution is 5.84. The summed E-state index contributed by atoms with van der Waals surface area (Å²) in [6.07, 6.45) is 5.10. The molecular formula is C15H26N6. The van der Waals surface area contributed by atoms with Gasteiger partial charge in [-0.15, -0.1) is 0 Å². The maximum absolute atomic E-state index is 4.72. The minimum Gasteiger partial charge on any atom is -0.354 e. The minimum atomic E-state index is 0.437. The predicted molar refractivity (Wildman–Crippen MR) is 87.9 cm³/mol. The van der Waals surface area contributed by atoms with Gasteiger partial charge in [0.25, 0.3) is 0 Å². The van der Waals surface area contributed by atoms with Crippen molar-refractivity contribution >= 4 is 22.9 Å². The Hall–Kier alpha value is -1.85. The Morgan fingerprint density at radius 3 is 2.76 bits per heavy atom. The highest BCUT2D eigenvalue weighted by atomic mass is 15.3. The molecule has 1 atom stereocenters. The molecule has 0 bridgehead atoms. The van der Waals surface area contributed by atoms with E-state index in [1.165, 1.54) is 6.42 Å². The van der Waals surface area contributed by atoms with E-state index in [1.807, 2.05) is 6.92 Å². The molecule has 0 amide bonds. The normalized spacial score (nSPS) is 12.6. The second kappa shape index (κ2) is 7.24. The summed E-state index contributed by atoms with van der Waals surface area (Å²) in [7, 11) is 0. The number of anilines is 2. The fraction of sp³-hybridized carbons (Fsp3) is 0.667. The number of aromatic amines is 1. The van der Waals surface area contributed by atoms with Gasteiger partial charge in [-0.3, -0.25) is 0 Å². The van der Waals surface area contributed by atoms with Gasteiger partial charge in [-0.25, -0.2) is 4.98 Å². The summed E-state index contributed by atoms with van der Waals surface area (Å²) in [5.41, 5.74) is 1.65. The van der Waals surface area contributed by atoms with Crippen molar-refractivity contribution in [3.8, 4) is 0 Å². The molecule has 0 aliphatic rings. The SMILES string of the molecule is CCCCN(c1nc(NCC)nc2nc[nH]c12)C(C)CC. The molecular weight excluding hydrogens is 264 g/mol. The van der Waals surface area contributed by atoms with Crippen LogP contribution in [0.25, 0.3) is 11.2 Å². The van der Waals surface area contributed by atoms with Crippen LogP contribution in [0.2, 0.25) is 0 Å². The highest BCUT2D eigenvalue weighted by Crippen LogP contribution is 2.25.